The molecule has 0 aromatic carbocycles. The van der Waals surface area contributed by atoms with Crippen LogP contribution in [0.1, 0.15) is 66.7 Å². The molecule has 0 N–H and O–H groups in total. The Morgan fingerprint density at radius 3 is 2.52 bits per heavy atom. The van der Waals surface area contributed by atoms with Crippen LogP contribution in [0.25, 0.3) is 0 Å². The van der Waals surface area contributed by atoms with Crippen LogP contribution < -0.4 is 0 Å². The summed E-state index contributed by atoms with van der Waals surface area (Å²) < 4.78 is 11.6. The van der Waals surface area contributed by atoms with Crippen LogP contribution in [-0.2, 0) is 14.3 Å². The Bertz CT molecular complexity index is 386. The molecule has 0 spiro atoms. The van der Waals surface area contributed by atoms with E-state index in [1.807, 2.05) is 20.8 Å². The Kier molecular flexibility index (Phi) is 6.03. The van der Waals surface area contributed by atoms with Gasteiger partial charge in [-0.3, -0.25) is 4.79 Å². The molecule has 1 aliphatic carbocycles. The van der Waals surface area contributed by atoms with E-state index in [0.717, 1.165) is 25.7 Å². The highest BCUT2D eigenvalue weighted by Gasteiger charge is 2.49. The van der Waals surface area contributed by atoms with E-state index in [0.29, 0.717) is 12.3 Å². The number of ether oxygens (including phenoxy) is 2. The second-order valence-corrected chi connectivity index (χ2v) is 7.21. The molecule has 0 aromatic heterocycles. The number of hydrogen-bond donors (Lipinski definition) is 0. The summed E-state index contributed by atoms with van der Waals surface area (Å²) in [5.41, 5.74) is 0.446. The molecule has 0 radical (unpaired) electrons. The number of esters is 1. The quantitative estimate of drug-likeness (QED) is 0.534. The summed E-state index contributed by atoms with van der Waals surface area (Å²) in [5.74, 6) is 0.548. The van der Waals surface area contributed by atoms with E-state index in [2.05, 4.69) is 20.4 Å². The molecule has 1 fully saturated rings. The predicted molar refractivity (Wildman–Crippen MR) is 86.1 cm³/mol. The number of carbonyl (C=O) groups is 1. The highest BCUT2D eigenvalue weighted by Crippen LogP contribution is 2.47. The molecule has 0 aromatic rings. The van der Waals surface area contributed by atoms with Gasteiger partial charge >= 0.3 is 5.97 Å². The zero-order valence-corrected chi connectivity index (χ0v) is 14.6. The second-order valence-electron chi connectivity index (χ2n) is 7.21. The minimum Gasteiger partial charge on any atom is -0.459 e. The largest absolute Gasteiger partial charge is 0.459 e. The maximum absolute atomic E-state index is 11.9. The van der Waals surface area contributed by atoms with Gasteiger partial charge < -0.3 is 9.47 Å². The van der Waals surface area contributed by atoms with Crippen molar-refractivity contribution in [1.82, 2.24) is 0 Å². The van der Waals surface area contributed by atoms with Gasteiger partial charge in [0.25, 0.3) is 0 Å². The predicted octanol–water partition coefficient (Wildman–Crippen LogP) is 4.51. The van der Waals surface area contributed by atoms with Gasteiger partial charge in [-0.2, -0.15) is 0 Å². The molecule has 3 atom stereocenters. The van der Waals surface area contributed by atoms with Crippen LogP contribution in [-0.4, -0.2) is 24.3 Å². The first-order valence-electron chi connectivity index (χ1n) is 8.08. The summed E-state index contributed by atoms with van der Waals surface area (Å²) in [5, 5.41) is 0. The van der Waals surface area contributed by atoms with Crippen molar-refractivity contribution < 1.29 is 14.3 Å². The summed E-state index contributed by atoms with van der Waals surface area (Å²) in [7, 11) is 1.76. The molecule has 0 saturated heterocycles. The third-order valence-corrected chi connectivity index (χ3v) is 5.08. The molecule has 0 bridgehead atoms. The van der Waals surface area contributed by atoms with Crippen molar-refractivity contribution in [2.75, 3.05) is 7.11 Å². The van der Waals surface area contributed by atoms with Crippen LogP contribution >= 0.6 is 0 Å². The van der Waals surface area contributed by atoms with Crippen LogP contribution in [0.5, 0.6) is 0 Å². The van der Waals surface area contributed by atoms with E-state index < -0.39 is 5.60 Å². The van der Waals surface area contributed by atoms with Gasteiger partial charge in [0.05, 0.1) is 5.60 Å². The summed E-state index contributed by atoms with van der Waals surface area (Å²) in [6.45, 7) is 14.4. The van der Waals surface area contributed by atoms with Crippen molar-refractivity contribution >= 4 is 5.97 Å². The van der Waals surface area contributed by atoms with Crippen molar-refractivity contribution in [2.45, 2.75) is 77.9 Å². The Hall–Kier alpha value is -0.830. The zero-order valence-electron chi connectivity index (χ0n) is 14.6. The second kappa shape index (κ2) is 6.95. The number of carbonyl (C=O) groups excluding carboxylic acids is 1. The normalized spacial score (nSPS) is 30.0. The lowest BCUT2D eigenvalue weighted by atomic mass is 9.64. The molecule has 1 saturated carbocycles. The lowest BCUT2D eigenvalue weighted by Gasteiger charge is -2.50. The van der Waals surface area contributed by atoms with Crippen LogP contribution in [0, 0.1) is 11.8 Å². The van der Waals surface area contributed by atoms with Crippen LogP contribution in [0.2, 0.25) is 0 Å². The first-order chi connectivity index (χ1) is 9.66. The SMILES string of the molecule is C=C(C)C1CCC(C)(OC)C(C(C)(C)OC(=O)CCC)C1. The van der Waals surface area contributed by atoms with Gasteiger partial charge in [-0.1, -0.05) is 19.1 Å². The van der Waals surface area contributed by atoms with Crippen molar-refractivity contribution in [1.29, 1.82) is 0 Å². The first kappa shape index (κ1) is 18.2. The molecular weight excluding hydrogens is 264 g/mol. The van der Waals surface area contributed by atoms with Crippen molar-refractivity contribution in [2.24, 2.45) is 11.8 Å². The lowest BCUT2D eigenvalue weighted by molar-refractivity contribution is -0.185. The molecule has 1 aliphatic rings. The number of allylic oxidation sites excluding steroid dienone is 1. The molecule has 0 heterocycles. The van der Waals surface area contributed by atoms with Gasteiger partial charge in [0.2, 0.25) is 0 Å². The fourth-order valence-electron chi connectivity index (χ4n) is 3.62. The van der Waals surface area contributed by atoms with Gasteiger partial charge in [-0.15, -0.1) is 0 Å². The average molecular weight is 296 g/mol. The Morgan fingerprint density at radius 2 is 2.05 bits per heavy atom. The molecule has 21 heavy (non-hydrogen) atoms. The van der Waals surface area contributed by atoms with E-state index in [1.54, 1.807) is 7.11 Å². The highest BCUT2D eigenvalue weighted by molar-refractivity contribution is 5.69. The molecule has 3 nitrogen and oxygen atoms in total. The minimum atomic E-state index is -0.523. The lowest BCUT2D eigenvalue weighted by Crippen LogP contribution is -2.53. The summed E-state index contributed by atoms with van der Waals surface area (Å²) in [6.07, 6.45) is 4.32. The number of hydrogen-bond acceptors (Lipinski definition) is 3. The molecule has 0 amide bonds. The molecule has 122 valence electrons. The maximum Gasteiger partial charge on any atom is 0.306 e. The molecule has 1 rings (SSSR count). The Morgan fingerprint density at radius 1 is 1.43 bits per heavy atom. The smallest absolute Gasteiger partial charge is 0.306 e. The minimum absolute atomic E-state index is 0.113. The average Bonchev–Trinajstić information content (AvgIpc) is 2.38. The van der Waals surface area contributed by atoms with Crippen LogP contribution in [0.3, 0.4) is 0 Å². The standard InChI is InChI=1S/C18H32O3/c1-8-9-16(19)21-17(4,5)15-12-14(13(2)3)10-11-18(15,6)20-7/h14-15H,2,8-12H2,1,3-7H3. The Balaban J connectivity index is 2.95. The van der Waals surface area contributed by atoms with E-state index in [-0.39, 0.29) is 17.5 Å². The van der Waals surface area contributed by atoms with Gasteiger partial charge in [-0.05, 0) is 59.3 Å². The van der Waals surface area contributed by atoms with Gasteiger partial charge in [-0.25, -0.2) is 0 Å². The van der Waals surface area contributed by atoms with E-state index in [9.17, 15) is 4.79 Å². The van der Waals surface area contributed by atoms with Gasteiger partial charge in [0.1, 0.15) is 5.60 Å². The third-order valence-electron chi connectivity index (χ3n) is 5.08. The van der Waals surface area contributed by atoms with Crippen molar-refractivity contribution in [3.05, 3.63) is 12.2 Å². The highest BCUT2D eigenvalue weighted by atomic mass is 16.6. The fraction of sp³-hybridized carbons (Fsp3) is 0.833. The molecule has 3 heteroatoms. The van der Waals surface area contributed by atoms with Gasteiger partial charge in [0.15, 0.2) is 0 Å². The molecule has 0 aliphatic heterocycles. The first-order valence-corrected chi connectivity index (χ1v) is 8.08. The summed E-state index contributed by atoms with van der Waals surface area (Å²) in [6, 6.07) is 0. The van der Waals surface area contributed by atoms with E-state index >= 15 is 0 Å². The summed E-state index contributed by atoms with van der Waals surface area (Å²) in [4.78, 5) is 11.9. The monoisotopic (exact) mass is 296 g/mol. The number of rotatable bonds is 6. The third kappa shape index (κ3) is 4.32. The fourth-order valence-corrected chi connectivity index (χ4v) is 3.62. The van der Waals surface area contributed by atoms with E-state index in [1.165, 1.54) is 5.57 Å². The maximum atomic E-state index is 11.9. The summed E-state index contributed by atoms with van der Waals surface area (Å²) >= 11 is 0. The van der Waals surface area contributed by atoms with Crippen LogP contribution in [0.15, 0.2) is 12.2 Å². The Labute approximate surface area is 130 Å². The molecular formula is C18H32O3. The molecule has 3 unspecified atom stereocenters. The van der Waals surface area contributed by atoms with Crippen molar-refractivity contribution in [3.8, 4) is 0 Å². The van der Waals surface area contributed by atoms with E-state index in [4.69, 9.17) is 9.47 Å². The van der Waals surface area contributed by atoms with Crippen molar-refractivity contribution in [3.63, 3.8) is 0 Å². The number of methoxy groups -OCH3 is 1. The topological polar surface area (TPSA) is 35.5 Å². The van der Waals surface area contributed by atoms with Gasteiger partial charge in [0, 0.05) is 19.4 Å². The van der Waals surface area contributed by atoms with Crippen LogP contribution in [0.4, 0.5) is 0 Å². The zero-order chi connectivity index (χ0) is 16.3.